The summed E-state index contributed by atoms with van der Waals surface area (Å²) >= 11 is 1.53. The van der Waals surface area contributed by atoms with Crippen LogP contribution in [0, 0.1) is 0 Å². The summed E-state index contributed by atoms with van der Waals surface area (Å²) in [5.41, 5.74) is 0.219. The third-order valence-electron chi connectivity index (χ3n) is 2.84. The zero-order valence-corrected chi connectivity index (χ0v) is 12.2. The van der Waals surface area contributed by atoms with Crippen LogP contribution < -0.4 is 10.6 Å². The van der Waals surface area contributed by atoms with Gasteiger partial charge in [-0.2, -0.15) is 0 Å². The summed E-state index contributed by atoms with van der Waals surface area (Å²) in [6.45, 7) is 2.38. The van der Waals surface area contributed by atoms with Gasteiger partial charge in [0.2, 0.25) is 0 Å². The molecule has 0 unspecified atom stereocenters. The fourth-order valence-corrected chi connectivity index (χ4v) is 2.44. The molecule has 1 atom stereocenters. The Labute approximate surface area is 125 Å². The summed E-state index contributed by atoms with van der Waals surface area (Å²) < 4.78 is 25.1. The number of carbonyl (C=O) groups excluding carboxylic acids is 1. The predicted molar refractivity (Wildman–Crippen MR) is 78.9 cm³/mol. The molecule has 0 aliphatic rings. The molecule has 2 N–H and O–H groups in total. The van der Waals surface area contributed by atoms with Crippen LogP contribution in [0.4, 0.5) is 19.3 Å². The Bertz CT molecular complexity index is 590. The smallest absolute Gasteiger partial charge is 0.319 e. The van der Waals surface area contributed by atoms with E-state index >= 15 is 0 Å². The Morgan fingerprint density at radius 2 is 2.24 bits per heavy atom. The number of amides is 2. The summed E-state index contributed by atoms with van der Waals surface area (Å²) in [5, 5.41) is 8.05. The molecule has 21 heavy (non-hydrogen) atoms. The average molecular weight is 311 g/mol. The Hall–Kier alpha value is -2.02. The van der Waals surface area contributed by atoms with E-state index in [-0.39, 0.29) is 11.5 Å². The van der Waals surface area contributed by atoms with E-state index in [0.29, 0.717) is 12.2 Å². The normalized spacial score (nSPS) is 12.2. The van der Waals surface area contributed by atoms with E-state index in [2.05, 4.69) is 15.6 Å². The van der Waals surface area contributed by atoms with Crippen LogP contribution in [-0.4, -0.2) is 17.6 Å². The predicted octanol–water partition coefficient (Wildman–Crippen LogP) is 4.01. The second-order valence-electron chi connectivity index (χ2n) is 4.53. The highest BCUT2D eigenvalue weighted by molar-refractivity contribution is 7.09. The summed E-state index contributed by atoms with van der Waals surface area (Å²) in [6.07, 6.45) is -0.841. The van der Waals surface area contributed by atoms with Crippen molar-refractivity contribution in [1.29, 1.82) is 0 Å². The largest absolute Gasteiger partial charge is 0.337 e. The number of rotatable bonds is 5. The van der Waals surface area contributed by atoms with Crippen LogP contribution in [0.25, 0.3) is 0 Å². The van der Waals surface area contributed by atoms with Crippen LogP contribution in [0.5, 0.6) is 0 Å². The minimum atomic E-state index is -2.56. The van der Waals surface area contributed by atoms with Crippen LogP contribution >= 0.6 is 11.3 Å². The number of urea groups is 1. The lowest BCUT2D eigenvalue weighted by molar-refractivity contribution is 0.151. The zero-order valence-electron chi connectivity index (χ0n) is 11.3. The van der Waals surface area contributed by atoms with Crippen molar-refractivity contribution in [3.05, 3.63) is 46.4 Å². The maximum atomic E-state index is 12.6. The first-order valence-corrected chi connectivity index (χ1v) is 7.26. The van der Waals surface area contributed by atoms with Gasteiger partial charge in [-0.25, -0.2) is 18.6 Å². The first kappa shape index (κ1) is 15.4. The molecule has 7 heteroatoms. The molecule has 0 aliphatic heterocycles. The van der Waals surface area contributed by atoms with Gasteiger partial charge >= 0.3 is 6.03 Å². The topological polar surface area (TPSA) is 54.0 Å². The van der Waals surface area contributed by atoms with Gasteiger partial charge in [-0.15, -0.1) is 11.3 Å². The quantitative estimate of drug-likeness (QED) is 0.876. The monoisotopic (exact) mass is 311 g/mol. The summed E-state index contributed by atoms with van der Waals surface area (Å²) in [6, 6.07) is 5.20. The summed E-state index contributed by atoms with van der Waals surface area (Å²) in [5.74, 6) is 0.100. The van der Waals surface area contributed by atoms with Gasteiger partial charge in [0.05, 0.1) is 5.01 Å². The number of anilines is 1. The first-order chi connectivity index (χ1) is 10.1. The van der Waals surface area contributed by atoms with Crippen LogP contribution in [-0.2, 0) is 0 Å². The van der Waals surface area contributed by atoms with E-state index in [1.807, 2.05) is 12.3 Å². The molecule has 0 saturated heterocycles. The van der Waals surface area contributed by atoms with Crippen molar-refractivity contribution in [3.8, 4) is 0 Å². The number of thiazole rings is 1. The molecule has 0 spiro atoms. The maximum Gasteiger partial charge on any atom is 0.319 e. The third-order valence-corrected chi connectivity index (χ3v) is 3.85. The Balaban J connectivity index is 1.86. The van der Waals surface area contributed by atoms with Gasteiger partial charge in [0.1, 0.15) is 0 Å². The van der Waals surface area contributed by atoms with Crippen LogP contribution in [0.2, 0.25) is 0 Å². The minimum Gasteiger partial charge on any atom is -0.337 e. The molecule has 2 rings (SSSR count). The number of halogens is 2. The molecule has 1 aromatic carbocycles. The zero-order chi connectivity index (χ0) is 15.2. The highest BCUT2D eigenvalue weighted by Gasteiger charge is 2.11. The molecule has 0 radical (unpaired) electrons. The standard InChI is InChI=1S/C14H15F2N3OS/c1-9(13-17-5-6-21-13)8-18-14(20)19-11-4-2-3-10(7-11)12(15)16/h2-7,9,12H,8H2,1H3,(H2,18,19,20)/t9-/m0/s1. The van der Waals surface area contributed by atoms with Crippen molar-refractivity contribution in [2.45, 2.75) is 19.3 Å². The molecule has 1 heterocycles. The fraction of sp³-hybridized carbons (Fsp3) is 0.286. The molecular formula is C14H15F2N3OS. The van der Waals surface area contributed by atoms with Crippen molar-refractivity contribution >= 4 is 23.1 Å². The minimum absolute atomic E-state index is 0.100. The Morgan fingerprint density at radius 3 is 2.90 bits per heavy atom. The van der Waals surface area contributed by atoms with Crippen molar-refractivity contribution in [2.75, 3.05) is 11.9 Å². The van der Waals surface area contributed by atoms with Gasteiger partial charge in [-0.3, -0.25) is 0 Å². The average Bonchev–Trinajstić information content (AvgIpc) is 2.99. The van der Waals surface area contributed by atoms with Crippen LogP contribution in [0.15, 0.2) is 35.8 Å². The molecular weight excluding hydrogens is 296 g/mol. The van der Waals surface area contributed by atoms with Crippen molar-refractivity contribution in [2.24, 2.45) is 0 Å². The molecule has 0 aliphatic carbocycles. The highest BCUT2D eigenvalue weighted by atomic mass is 32.1. The second-order valence-corrected chi connectivity index (χ2v) is 5.46. The SMILES string of the molecule is C[C@@H](CNC(=O)Nc1cccc(C(F)F)c1)c1nccs1. The molecule has 2 aromatic rings. The Morgan fingerprint density at radius 1 is 1.43 bits per heavy atom. The number of nitrogens with zero attached hydrogens (tertiary/aromatic N) is 1. The lowest BCUT2D eigenvalue weighted by Gasteiger charge is -2.11. The molecule has 0 saturated carbocycles. The number of hydrogen-bond acceptors (Lipinski definition) is 3. The third kappa shape index (κ3) is 4.49. The van der Waals surface area contributed by atoms with E-state index in [0.717, 1.165) is 5.01 Å². The maximum absolute atomic E-state index is 12.6. The van der Waals surface area contributed by atoms with Crippen LogP contribution in [0.3, 0.4) is 0 Å². The lowest BCUT2D eigenvalue weighted by atomic mass is 10.2. The lowest BCUT2D eigenvalue weighted by Crippen LogP contribution is -2.31. The van der Waals surface area contributed by atoms with E-state index in [1.165, 1.54) is 29.5 Å². The second kappa shape index (κ2) is 7.12. The molecule has 0 bridgehead atoms. The van der Waals surface area contributed by atoms with E-state index in [9.17, 15) is 13.6 Å². The first-order valence-electron chi connectivity index (χ1n) is 6.38. The number of carbonyl (C=O) groups is 1. The molecule has 4 nitrogen and oxygen atoms in total. The molecule has 1 aromatic heterocycles. The number of alkyl halides is 2. The molecule has 0 fully saturated rings. The van der Waals surface area contributed by atoms with Gasteiger partial charge < -0.3 is 10.6 Å². The number of benzene rings is 1. The van der Waals surface area contributed by atoms with Gasteiger partial charge in [0.25, 0.3) is 6.43 Å². The van der Waals surface area contributed by atoms with Gasteiger partial charge in [0.15, 0.2) is 0 Å². The summed E-state index contributed by atoms with van der Waals surface area (Å²) in [4.78, 5) is 15.9. The number of hydrogen-bond donors (Lipinski definition) is 2. The van der Waals surface area contributed by atoms with Crippen molar-refractivity contribution < 1.29 is 13.6 Å². The van der Waals surface area contributed by atoms with E-state index < -0.39 is 12.5 Å². The van der Waals surface area contributed by atoms with E-state index in [1.54, 1.807) is 12.3 Å². The number of nitrogens with one attached hydrogen (secondary N) is 2. The fourth-order valence-electron chi connectivity index (χ4n) is 1.74. The van der Waals surface area contributed by atoms with Crippen molar-refractivity contribution in [3.63, 3.8) is 0 Å². The van der Waals surface area contributed by atoms with Crippen molar-refractivity contribution in [1.82, 2.24) is 10.3 Å². The van der Waals surface area contributed by atoms with Gasteiger partial charge in [-0.1, -0.05) is 19.1 Å². The van der Waals surface area contributed by atoms with Crippen LogP contribution in [0.1, 0.15) is 29.8 Å². The van der Waals surface area contributed by atoms with Gasteiger partial charge in [0, 0.05) is 35.3 Å². The Kier molecular flexibility index (Phi) is 5.21. The number of aromatic nitrogens is 1. The molecule has 112 valence electrons. The van der Waals surface area contributed by atoms with E-state index in [4.69, 9.17) is 0 Å². The summed E-state index contributed by atoms with van der Waals surface area (Å²) in [7, 11) is 0. The highest BCUT2D eigenvalue weighted by Crippen LogP contribution is 2.21. The molecule has 2 amide bonds. The van der Waals surface area contributed by atoms with Gasteiger partial charge in [-0.05, 0) is 12.1 Å².